The maximum absolute atomic E-state index is 11.7. The van der Waals surface area contributed by atoms with Crippen molar-refractivity contribution in [3.63, 3.8) is 0 Å². The van der Waals surface area contributed by atoms with Crippen molar-refractivity contribution < 1.29 is 15.3 Å². The van der Waals surface area contributed by atoms with Crippen LogP contribution >= 0.6 is 11.3 Å². The predicted octanol–water partition coefficient (Wildman–Crippen LogP) is 3.20. The molecule has 2 atom stereocenters. The molecule has 1 aromatic heterocycles. The number of nitrogens with one attached hydrogen (secondary N) is 3. The van der Waals surface area contributed by atoms with Crippen LogP contribution in [0.1, 0.15) is 34.8 Å². The van der Waals surface area contributed by atoms with Crippen molar-refractivity contribution in [3.8, 4) is 5.75 Å². The van der Waals surface area contributed by atoms with Crippen LogP contribution in [0, 0.1) is 0 Å². The van der Waals surface area contributed by atoms with Gasteiger partial charge in [-0.2, -0.15) is 0 Å². The van der Waals surface area contributed by atoms with E-state index in [1.807, 2.05) is 18.2 Å². The molecule has 0 aliphatic heterocycles. The SMILES string of the molecule is O=c1[nH]c2c(O)ccc(C(O)C(O)NCCc3cccc(CNCCCc4ccccc4)c3)c2s1. The molecule has 0 amide bonds. The molecule has 3 aromatic carbocycles. The maximum atomic E-state index is 11.7. The summed E-state index contributed by atoms with van der Waals surface area (Å²) in [6.45, 7) is 2.22. The van der Waals surface area contributed by atoms with Crippen molar-refractivity contribution in [2.45, 2.75) is 38.1 Å². The first-order valence-electron chi connectivity index (χ1n) is 11.8. The lowest BCUT2D eigenvalue weighted by molar-refractivity contribution is -0.00168. The van der Waals surface area contributed by atoms with E-state index >= 15 is 0 Å². The molecule has 0 saturated carbocycles. The van der Waals surface area contributed by atoms with E-state index in [4.69, 9.17) is 0 Å². The number of H-pyrrole nitrogens is 1. The molecule has 4 aromatic rings. The van der Waals surface area contributed by atoms with Crippen LogP contribution in [0.5, 0.6) is 5.75 Å². The van der Waals surface area contributed by atoms with E-state index in [9.17, 15) is 20.1 Å². The van der Waals surface area contributed by atoms with Gasteiger partial charge in [0.25, 0.3) is 0 Å². The highest BCUT2D eigenvalue weighted by Gasteiger charge is 2.22. The van der Waals surface area contributed by atoms with Crippen LogP contribution in [-0.2, 0) is 19.4 Å². The number of fused-ring (bicyclic) bond motifs is 1. The van der Waals surface area contributed by atoms with E-state index in [1.54, 1.807) is 0 Å². The molecule has 8 heteroatoms. The molecule has 0 saturated heterocycles. The molecule has 0 fully saturated rings. The van der Waals surface area contributed by atoms with Gasteiger partial charge in [0.15, 0.2) is 0 Å². The van der Waals surface area contributed by atoms with Gasteiger partial charge in [-0.3, -0.25) is 10.1 Å². The number of aromatic hydroxyl groups is 1. The number of aryl methyl sites for hydroxylation is 1. The van der Waals surface area contributed by atoms with Crippen LogP contribution in [-0.4, -0.2) is 39.6 Å². The number of thiazole rings is 1. The standard InChI is InChI=1S/C27H31N3O4S/c31-22-12-11-21(25-23(22)30-27(34)35-25)24(32)26(33)29-15-13-19-8-4-9-20(16-19)17-28-14-5-10-18-6-2-1-3-7-18/h1-4,6-9,11-12,16,24,26,28-29,31-33H,5,10,13-15,17H2,(H,30,34). The molecular formula is C27H31N3O4S. The van der Waals surface area contributed by atoms with E-state index < -0.39 is 12.3 Å². The molecule has 0 spiro atoms. The third kappa shape index (κ3) is 6.78. The molecule has 0 radical (unpaired) electrons. The minimum absolute atomic E-state index is 0.0673. The van der Waals surface area contributed by atoms with Crippen LogP contribution in [0.25, 0.3) is 10.2 Å². The minimum atomic E-state index is -1.24. The summed E-state index contributed by atoms with van der Waals surface area (Å²) in [6.07, 6.45) is 0.381. The zero-order valence-electron chi connectivity index (χ0n) is 19.4. The number of rotatable bonds is 12. The molecule has 0 aliphatic rings. The molecular weight excluding hydrogens is 462 g/mol. The Morgan fingerprint density at radius 3 is 2.49 bits per heavy atom. The van der Waals surface area contributed by atoms with Gasteiger partial charge in [0.2, 0.25) is 0 Å². The zero-order valence-corrected chi connectivity index (χ0v) is 20.2. The normalized spacial score (nSPS) is 13.2. The Kier molecular flexibility index (Phi) is 8.68. The average Bonchev–Trinajstić information content (AvgIpc) is 3.27. The minimum Gasteiger partial charge on any atom is -0.506 e. The topological polar surface area (TPSA) is 118 Å². The highest BCUT2D eigenvalue weighted by Crippen LogP contribution is 2.32. The summed E-state index contributed by atoms with van der Waals surface area (Å²) < 4.78 is 0.437. The fourth-order valence-electron chi connectivity index (χ4n) is 4.11. The molecule has 6 N–H and O–H groups in total. The number of hydrogen-bond donors (Lipinski definition) is 6. The number of aliphatic hydroxyl groups excluding tert-OH is 2. The molecule has 35 heavy (non-hydrogen) atoms. The summed E-state index contributed by atoms with van der Waals surface area (Å²) >= 11 is 0.893. The van der Waals surface area contributed by atoms with Crippen LogP contribution in [0.2, 0.25) is 0 Å². The summed E-state index contributed by atoms with van der Waals surface area (Å²) in [5.74, 6) is -0.0673. The molecule has 4 rings (SSSR count). The zero-order chi connectivity index (χ0) is 24.6. The molecule has 0 aliphatic carbocycles. The Labute approximate surface area is 208 Å². The van der Waals surface area contributed by atoms with Gasteiger partial charge >= 0.3 is 4.87 Å². The first-order chi connectivity index (χ1) is 17.0. The van der Waals surface area contributed by atoms with Gasteiger partial charge < -0.3 is 25.6 Å². The van der Waals surface area contributed by atoms with E-state index in [0.717, 1.165) is 42.8 Å². The number of phenols is 1. The van der Waals surface area contributed by atoms with Gasteiger partial charge in [-0.05, 0) is 48.6 Å². The van der Waals surface area contributed by atoms with E-state index in [2.05, 4.69) is 52.0 Å². The lowest BCUT2D eigenvalue weighted by Gasteiger charge is -2.20. The summed E-state index contributed by atoms with van der Waals surface area (Å²) in [7, 11) is 0. The van der Waals surface area contributed by atoms with Crippen molar-refractivity contribution in [1.82, 2.24) is 15.6 Å². The van der Waals surface area contributed by atoms with Gasteiger partial charge in [0.05, 0.1) is 4.70 Å². The summed E-state index contributed by atoms with van der Waals surface area (Å²) in [5, 5.41) is 37.5. The van der Waals surface area contributed by atoms with Gasteiger partial charge in [-0.15, -0.1) is 0 Å². The monoisotopic (exact) mass is 493 g/mol. The lowest BCUT2D eigenvalue weighted by Crippen LogP contribution is -2.36. The Morgan fingerprint density at radius 1 is 0.886 bits per heavy atom. The van der Waals surface area contributed by atoms with E-state index in [1.165, 1.54) is 23.3 Å². The fraction of sp³-hybridized carbons (Fsp3) is 0.296. The smallest absolute Gasteiger partial charge is 0.305 e. The Bertz CT molecular complexity index is 1290. The predicted molar refractivity (Wildman–Crippen MR) is 140 cm³/mol. The van der Waals surface area contributed by atoms with Gasteiger partial charge in [-0.1, -0.05) is 72.0 Å². The molecule has 7 nitrogen and oxygen atoms in total. The van der Waals surface area contributed by atoms with Crippen LogP contribution in [0.3, 0.4) is 0 Å². The quantitative estimate of drug-likeness (QED) is 0.133. The van der Waals surface area contributed by atoms with Crippen molar-refractivity contribution in [3.05, 3.63) is 98.7 Å². The Balaban J connectivity index is 1.23. The van der Waals surface area contributed by atoms with E-state index in [-0.39, 0.29) is 16.1 Å². The third-order valence-electron chi connectivity index (χ3n) is 5.96. The number of aliphatic hydroxyl groups is 2. The van der Waals surface area contributed by atoms with Crippen LogP contribution in [0.15, 0.2) is 71.5 Å². The molecule has 2 unspecified atom stereocenters. The summed E-state index contributed by atoms with van der Waals surface area (Å²) in [4.78, 5) is 13.9. The molecule has 0 bridgehead atoms. The van der Waals surface area contributed by atoms with Crippen molar-refractivity contribution >= 4 is 21.6 Å². The fourth-order valence-corrected chi connectivity index (χ4v) is 5.01. The Morgan fingerprint density at radius 2 is 1.66 bits per heavy atom. The number of phenolic OH excluding ortho intramolecular Hbond substituents is 1. The summed E-state index contributed by atoms with van der Waals surface area (Å²) in [5.41, 5.74) is 4.36. The first-order valence-corrected chi connectivity index (χ1v) is 12.6. The highest BCUT2D eigenvalue weighted by atomic mass is 32.1. The highest BCUT2D eigenvalue weighted by molar-refractivity contribution is 7.16. The summed E-state index contributed by atoms with van der Waals surface area (Å²) in [6, 6.07) is 21.7. The first kappa shape index (κ1) is 25.1. The number of aromatic amines is 1. The number of benzene rings is 3. The van der Waals surface area contributed by atoms with Gasteiger partial charge in [0.1, 0.15) is 23.6 Å². The largest absolute Gasteiger partial charge is 0.506 e. The number of aromatic nitrogens is 1. The average molecular weight is 494 g/mol. The second-order valence-corrected chi connectivity index (χ2v) is 9.56. The van der Waals surface area contributed by atoms with E-state index in [0.29, 0.717) is 23.2 Å². The van der Waals surface area contributed by atoms with Crippen molar-refractivity contribution in [1.29, 1.82) is 0 Å². The van der Waals surface area contributed by atoms with Gasteiger partial charge in [-0.25, -0.2) is 0 Å². The van der Waals surface area contributed by atoms with Crippen LogP contribution < -0.4 is 15.5 Å². The molecule has 184 valence electrons. The van der Waals surface area contributed by atoms with Gasteiger partial charge in [0, 0.05) is 18.7 Å². The lowest BCUT2D eigenvalue weighted by atomic mass is 10.1. The molecule has 1 heterocycles. The second kappa shape index (κ2) is 12.1. The van der Waals surface area contributed by atoms with Crippen LogP contribution in [0.4, 0.5) is 0 Å². The van der Waals surface area contributed by atoms with Crippen molar-refractivity contribution in [2.75, 3.05) is 13.1 Å². The third-order valence-corrected chi connectivity index (χ3v) is 6.89. The number of hydrogen-bond acceptors (Lipinski definition) is 7. The Hall–Kier alpha value is -3.01. The maximum Gasteiger partial charge on any atom is 0.305 e. The second-order valence-electron chi connectivity index (χ2n) is 8.57. The van der Waals surface area contributed by atoms with Crippen molar-refractivity contribution in [2.24, 2.45) is 0 Å².